The first-order valence-corrected chi connectivity index (χ1v) is 9.14. The highest BCUT2D eigenvalue weighted by Crippen LogP contribution is 2.18. The summed E-state index contributed by atoms with van der Waals surface area (Å²) < 4.78 is 1.17. The molecule has 0 atom stereocenters. The van der Waals surface area contributed by atoms with Gasteiger partial charge in [-0.15, -0.1) is 0 Å². The van der Waals surface area contributed by atoms with Gasteiger partial charge < -0.3 is 10.6 Å². The second-order valence-electron chi connectivity index (χ2n) is 6.65. The number of rotatable bonds is 6. The number of aromatic nitrogens is 2. The van der Waals surface area contributed by atoms with E-state index < -0.39 is 22.1 Å². The van der Waals surface area contributed by atoms with Crippen molar-refractivity contribution in [3.8, 4) is 0 Å². The molecule has 10 heteroatoms. The normalized spacial score (nSPS) is 10.9. The molecule has 1 aromatic heterocycles. The van der Waals surface area contributed by atoms with E-state index in [1.807, 2.05) is 6.07 Å². The molecule has 0 fully saturated rings. The molecule has 1 amide bonds. The van der Waals surface area contributed by atoms with Crippen molar-refractivity contribution in [3.05, 3.63) is 103 Å². The van der Waals surface area contributed by atoms with Gasteiger partial charge in [0.05, 0.1) is 11.5 Å². The number of nitro benzene ring substituents is 1. The van der Waals surface area contributed by atoms with Crippen molar-refractivity contribution in [2.24, 2.45) is 0 Å². The Balaban J connectivity index is 1.91. The van der Waals surface area contributed by atoms with Gasteiger partial charge in [-0.05, 0) is 17.2 Å². The molecule has 0 saturated heterocycles. The minimum absolute atomic E-state index is 0.112. The molecule has 158 valence electrons. The number of anilines is 2. The topological polar surface area (TPSA) is 144 Å². The third kappa shape index (κ3) is 4.75. The van der Waals surface area contributed by atoms with Crippen molar-refractivity contribution in [1.29, 1.82) is 0 Å². The number of nitrogen functional groups attached to an aromatic ring is 1. The third-order valence-electron chi connectivity index (χ3n) is 4.56. The van der Waals surface area contributed by atoms with E-state index in [-0.39, 0.29) is 23.7 Å². The molecule has 0 aliphatic carbocycles. The summed E-state index contributed by atoms with van der Waals surface area (Å²) >= 11 is 0. The van der Waals surface area contributed by atoms with Crippen LogP contribution in [0.1, 0.15) is 11.1 Å². The minimum Gasteiger partial charge on any atom is -0.383 e. The number of carbonyl (C=O) groups is 1. The molecule has 3 aromatic rings. The number of non-ortho nitro benzene ring substituents is 1. The van der Waals surface area contributed by atoms with E-state index in [4.69, 9.17) is 5.73 Å². The van der Waals surface area contributed by atoms with Crippen molar-refractivity contribution in [2.75, 3.05) is 17.7 Å². The van der Waals surface area contributed by atoms with Crippen LogP contribution in [0.3, 0.4) is 0 Å². The zero-order valence-electron chi connectivity index (χ0n) is 16.5. The van der Waals surface area contributed by atoms with E-state index in [9.17, 15) is 24.5 Å². The van der Waals surface area contributed by atoms with Gasteiger partial charge in [-0.25, -0.2) is 4.79 Å². The number of amides is 1. The van der Waals surface area contributed by atoms with Gasteiger partial charge in [0, 0.05) is 25.3 Å². The van der Waals surface area contributed by atoms with Gasteiger partial charge in [0.15, 0.2) is 5.69 Å². The summed E-state index contributed by atoms with van der Waals surface area (Å²) in [4.78, 5) is 50.8. The number of H-pyrrole nitrogens is 1. The number of hydrogen-bond acceptors (Lipinski definition) is 6. The molecule has 0 unspecified atom stereocenters. The molecule has 3 rings (SSSR count). The van der Waals surface area contributed by atoms with Crippen LogP contribution in [-0.4, -0.2) is 27.4 Å². The van der Waals surface area contributed by atoms with E-state index in [2.05, 4.69) is 4.98 Å². The maximum Gasteiger partial charge on any atom is 0.330 e. The Hall–Kier alpha value is -4.47. The largest absolute Gasteiger partial charge is 0.383 e. The fourth-order valence-electron chi connectivity index (χ4n) is 2.96. The van der Waals surface area contributed by atoms with Crippen LogP contribution in [-0.2, 0) is 11.3 Å². The smallest absolute Gasteiger partial charge is 0.330 e. The predicted octanol–water partition coefficient (Wildman–Crippen LogP) is 1.75. The van der Waals surface area contributed by atoms with Gasteiger partial charge in [-0.1, -0.05) is 42.5 Å². The summed E-state index contributed by atoms with van der Waals surface area (Å²) in [5.74, 6) is -0.759. The summed E-state index contributed by atoms with van der Waals surface area (Å²) in [5.41, 5.74) is 5.52. The average Bonchev–Trinajstić information content (AvgIpc) is 2.75. The van der Waals surface area contributed by atoms with Crippen LogP contribution in [0.15, 0.2) is 70.3 Å². The lowest BCUT2D eigenvalue weighted by Crippen LogP contribution is -2.39. The second-order valence-corrected chi connectivity index (χ2v) is 6.65. The van der Waals surface area contributed by atoms with Crippen LogP contribution in [0, 0.1) is 10.1 Å². The molecule has 1 heterocycles. The molecule has 3 N–H and O–H groups in total. The van der Waals surface area contributed by atoms with E-state index in [0.717, 1.165) is 16.5 Å². The van der Waals surface area contributed by atoms with Gasteiger partial charge >= 0.3 is 5.69 Å². The van der Waals surface area contributed by atoms with Crippen molar-refractivity contribution in [2.45, 2.75) is 6.54 Å². The highest BCUT2D eigenvalue weighted by molar-refractivity contribution is 6.04. The van der Waals surface area contributed by atoms with Gasteiger partial charge in [-0.2, -0.15) is 0 Å². The molecule has 0 radical (unpaired) electrons. The number of likely N-dealkylation sites (N-methyl/N-ethyl adjacent to an activating group) is 1. The lowest BCUT2D eigenvalue weighted by molar-refractivity contribution is -0.384. The Morgan fingerprint density at radius 3 is 2.58 bits per heavy atom. The van der Waals surface area contributed by atoms with E-state index in [1.165, 1.54) is 35.9 Å². The van der Waals surface area contributed by atoms with Gasteiger partial charge in [0.1, 0.15) is 5.82 Å². The first-order valence-electron chi connectivity index (χ1n) is 9.14. The summed E-state index contributed by atoms with van der Waals surface area (Å²) in [7, 11) is 1.35. The average molecular weight is 421 g/mol. The molecule has 0 spiro atoms. The number of benzene rings is 2. The van der Waals surface area contributed by atoms with Crippen LogP contribution in [0.4, 0.5) is 17.2 Å². The molecule has 0 bridgehead atoms. The molecular formula is C21H19N5O5. The number of hydrogen-bond donors (Lipinski definition) is 2. The maximum absolute atomic E-state index is 12.6. The fourth-order valence-corrected chi connectivity index (χ4v) is 2.96. The molecule has 10 nitrogen and oxygen atoms in total. The zero-order valence-corrected chi connectivity index (χ0v) is 16.5. The Labute approximate surface area is 176 Å². The summed E-state index contributed by atoms with van der Waals surface area (Å²) in [6.45, 7) is 0.112. The van der Waals surface area contributed by atoms with Gasteiger partial charge in [0.2, 0.25) is 0 Å². The standard InChI is InChI=1S/C21H19N5O5/c1-24(17(27)11-10-14-8-5-9-16(12-14)26(30)31)18-19(22)25(21(29)23-20(18)28)13-15-6-3-2-4-7-15/h2-12H,13,22H2,1H3,(H,23,28,29)/b11-10+. The lowest BCUT2D eigenvalue weighted by atomic mass is 10.2. The number of nitrogens with zero attached hydrogens (tertiary/aromatic N) is 3. The monoisotopic (exact) mass is 421 g/mol. The summed E-state index contributed by atoms with van der Waals surface area (Å²) in [5, 5.41) is 10.9. The highest BCUT2D eigenvalue weighted by Gasteiger charge is 2.19. The number of nitro groups is 1. The Morgan fingerprint density at radius 1 is 1.19 bits per heavy atom. The van der Waals surface area contributed by atoms with Gasteiger partial charge in [-0.3, -0.25) is 29.3 Å². The van der Waals surface area contributed by atoms with Crippen molar-refractivity contribution in [1.82, 2.24) is 9.55 Å². The second kappa shape index (κ2) is 8.91. The molecule has 0 aliphatic rings. The molecular weight excluding hydrogens is 402 g/mol. The number of aromatic amines is 1. The van der Waals surface area contributed by atoms with Crippen LogP contribution in [0.5, 0.6) is 0 Å². The van der Waals surface area contributed by atoms with E-state index in [0.29, 0.717) is 5.56 Å². The highest BCUT2D eigenvalue weighted by atomic mass is 16.6. The lowest BCUT2D eigenvalue weighted by Gasteiger charge is -2.19. The van der Waals surface area contributed by atoms with Crippen molar-refractivity contribution >= 4 is 29.2 Å². The molecule has 0 saturated carbocycles. The summed E-state index contributed by atoms with van der Waals surface area (Å²) in [6, 6.07) is 14.8. The quantitative estimate of drug-likeness (QED) is 0.352. The zero-order chi connectivity index (χ0) is 22.5. The Kier molecular flexibility index (Phi) is 6.10. The van der Waals surface area contributed by atoms with Crippen LogP contribution in [0.2, 0.25) is 0 Å². The van der Waals surface area contributed by atoms with E-state index in [1.54, 1.807) is 30.3 Å². The molecule has 2 aromatic carbocycles. The molecule has 0 aliphatic heterocycles. The maximum atomic E-state index is 12.6. The van der Waals surface area contributed by atoms with Crippen molar-refractivity contribution in [3.63, 3.8) is 0 Å². The molecule has 31 heavy (non-hydrogen) atoms. The van der Waals surface area contributed by atoms with Crippen LogP contribution < -0.4 is 21.9 Å². The Morgan fingerprint density at radius 2 is 1.90 bits per heavy atom. The first kappa shape index (κ1) is 21.2. The first-order chi connectivity index (χ1) is 14.8. The third-order valence-corrected chi connectivity index (χ3v) is 4.56. The minimum atomic E-state index is -0.800. The van der Waals surface area contributed by atoms with E-state index >= 15 is 0 Å². The van der Waals surface area contributed by atoms with Crippen LogP contribution >= 0.6 is 0 Å². The van der Waals surface area contributed by atoms with Gasteiger partial charge in [0.25, 0.3) is 17.2 Å². The number of nitrogens with two attached hydrogens (primary N) is 1. The number of carbonyl (C=O) groups excluding carboxylic acids is 1. The van der Waals surface area contributed by atoms with Crippen LogP contribution in [0.25, 0.3) is 6.08 Å². The van der Waals surface area contributed by atoms with Crippen molar-refractivity contribution < 1.29 is 9.72 Å². The summed E-state index contributed by atoms with van der Waals surface area (Å²) in [6.07, 6.45) is 2.54. The number of nitrogens with one attached hydrogen (secondary N) is 1. The predicted molar refractivity (Wildman–Crippen MR) is 117 cm³/mol. The fraction of sp³-hybridized carbons (Fsp3) is 0.0952. The SMILES string of the molecule is CN(C(=O)/C=C/c1cccc([N+](=O)[O-])c1)c1c(N)n(Cc2ccccc2)c(=O)[nH]c1=O. The Bertz CT molecular complexity index is 1280.